The summed E-state index contributed by atoms with van der Waals surface area (Å²) in [4.78, 5) is 15.2. The third-order valence-corrected chi connectivity index (χ3v) is 2.96. The van der Waals surface area contributed by atoms with Crippen LogP contribution in [0, 0.1) is 12.3 Å². The Morgan fingerprint density at radius 1 is 1.65 bits per heavy atom. The molecule has 1 aliphatic heterocycles. The van der Waals surface area contributed by atoms with E-state index >= 15 is 0 Å². The molecule has 0 bridgehead atoms. The number of hydrogen-bond donors (Lipinski definition) is 4. The fraction of sp³-hybridized carbons (Fsp3) is 0.455. The molecule has 2 rings (SSSR count). The summed E-state index contributed by atoms with van der Waals surface area (Å²) in [6.45, 7) is -0.599. The predicted molar refractivity (Wildman–Crippen MR) is 63.7 cm³/mol. The van der Waals surface area contributed by atoms with Crippen molar-refractivity contribution in [2.24, 2.45) is 0 Å². The van der Waals surface area contributed by atoms with E-state index in [2.05, 4.69) is 10.9 Å². The Kier molecular flexibility index (Phi) is 4.01. The number of aliphatic hydroxyl groups excluding tert-OH is 2. The molecule has 0 aromatic carbocycles. The van der Waals surface area contributed by atoms with Gasteiger partial charge in [-0.15, -0.1) is 6.42 Å². The maximum Gasteiger partial charge on any atom is 0.351 e. The molecule has 0 spiro atoms. The molecule has 108 valence electrons. The average Bonchev–Trinajstić information content (AvgIpc) is 2.74. The van der Waals surface area contributed by atoms with Crippen LogP contribution in [0.15, 0.2) is 11.0 Å². The van der Waals surface area contributed by atoms with E-state index in [9.17, 15) is 14.3 Å². The predicted octanol–water partition coefficient (Wildman–Crippen LogP) is -1.39. The summed E-state index contributed by atoms with van der Waals surface area (Å²) in [7, 11) is 0. The number of aromatic nitrogens is 2. The van der Waals surface area contributed by atoms with Gasteiger partial charge in [-0.25, -0.2) is 9.18 Å². The number of anilines is 1. The van der Waals surface area contributed by atoms with Gasteiger partial charge in [-0.3, -0.25) is 15.3 Å². The lowest BCUT2D eigenvalue weighted by Crippen LogP contribution is -2.34. The van der Waals surface area contributed by atoms with Gasteiger partial charge < -0.3 is 14.9 Å². The number of terminal acetylenes is 1. The molecule has 0 amide bonds. The van der Waals surface area contributed by atoms with Crippen LogP contribution in [0.3, 0.4) is 0 Å². The zero-order valence-electron chi connectivity index (χ0n) is 10.1. The van der Waals surface area contributed by atoms with Crippen molar-refractivity contribution in [3.8, 4) is 12.3 Å². The van der Waals surface area contributed by atoms with Crippen molar-refractivity contribution in [3.63, 3.8) is 0 Å². The second-order valence-electron chi connectivity index (χ2n) is 4.13. The third-order valence-electron chi connectivity index (χ3n) is 2.96. The number of hydrogen-bond acceptors (Lipinski definition) is 7. The minimum absolute atomic E-state index is 0.00448. The fourth-order valence-corrected chi connectivity index (χ4v) is 1.92. The summed E-state index contributed by atoms with van der Waals surface area (Å²) in [6.07, 6.45) is 0.149. The SMILES string of the molecule is C#Cc1cn(C2OC(CO)C(O)C2F)c(=O)nc1NO. The van der Waals surface area contributed by atoms with Crippen LogP contribution in [0.5, 0.6) is 0 Å². The maximum atomic E-state index is 13.9. The summed E-state index contributed by atoms with van der Waals surface area (Å²) in [6, 6.07) is 0. The molecule has 1 aromatic rings. The van der Waals surface area contributed by atoms with E-state index in [4.69, 9.17) is 21.5 Å². The van der Waals surface area contributed by atoms with Gasteiger partial charge >= 0.3 is 5.69 Å². The smallest absolute Gasteiger partial charge is 0.351 e. The van der Waals surface area contributed by atoms with Crippen LogP contribution in [0.1, 0.15) is 11.8 Å². The molecule has 20 heavy (non-hydrogen) atoms. The van der Waals surface area contributed by atoms with E-state index in [0.717, 1.165) is 10.8 Å². The first kappa shape index (κ1) is 14.4. The molecule has 1 aromatic heterocycles. The first-order chi connectivity index (χ1) is 9.53. The highest BCUT2D eigenvalue weighted by Crippen LogP contribution is 2.31. The summed E-state index contributed by atoms with van der Waals surface area (Å²) < 4.78 is 19.7. The largest absolute Gasteiger partial charge is 0.394 e. The molecule has 1 aliphatic rings. The molecule has 9 heteroatoms. The lowest BCUT2D eigenvalue weighted by Gasteiger charge is -2.16. The van der Waals surface area contributed by atoms with Crippen LogP contribution in [0.25, 0.3) is 0 Å². The topological polar surface area (TPSA) is 117 Å². The number of alkyl halides is 1. The van der Waals surface area contributed by atoms with Crippen molar-refractivity contribution >= 4 is 5.82 Å². The van der Waals surface area contributed by atoms with Gasteiger partial charge in [0.25, 0.3) is 0 Å². The molecule has 4 N–H and O–H groups in total. The van der Waals surface area contributed by atoms with Gasteiger partial charge in [-0.05, 0) is 0 Å². The Morgan fingerprint density at radius 2 is 2.35 bits per heavy atom. The molecule has 0 radical (unpaired) electrons. The first-order valence-electron chi connectivity index (χ1n) is 5.61. The van der Waals surface area contributed by atoms with Crippen molar-refractivity contribution in [2.45, 2.75) is 24.6 Å². The number of nitrogens with one attached hydrogen (secondary N) is 1. The van der Waals surface area contributed by atoms with E-state index in [1.807, 2.05) is 0 Å². The highest BCUT2D eigenvalue weighted by molar-refractivity contribution is 5.49. The Labute approximate surface area is 112 Å². The molecule has 0 aliphatic carbocycles. The highest BCUT2D eigenvalue weighted by Gasteiger charge is 2.45. The molecule has 1 fully saturated rings. The molecular formula is C11H12FN3O5. The summed E-state index contributed by atoms with van der Waals surface area (Å²) >= 11 is 0. The van der Waals surface area contributed by atoms with Crippen LogP contribution in [-0.4, -0.2) is 50.0 Å². The lowest BCUT2D eigenvalue weighted by molar-refractivity contribution is -0.0491. The number of nitrogens with zero attached hydrogens (tertiary/aromatic N) is 2. The Bertz CT molecular complexity index is 599. The van der Waals surface area contributed by atoms with Gasteiger partial charge in [0, 0.05) is 6.20 Å². The number of rotatable bonds is 3. The number of ether oxygens (including phenoxy) is 1. The van der Waals surface area contributed by atoms with E-state index in [1.165, 1.54) is 0 Å². The van der Waals surface area contributed by atoms with Crippen molar-refractivity contribution in [1.29, 1.82) is 0 Å². The molecule has 0 saturated carbocycles. The normalized spacial score (nSPS) is 29.1. The zero-order valence-corrected chi connectivity index (χ0v) is 10.1. The fourth-order valence-electron chi connectivity index (χ4n) is 1.92. The second-order valence-corrected chi connectivity index (χ2v) is 4.13. The van der Waals surface area contributed by atoms with Gasteiger partial charge in [0.05, 0.1) is 12.2 Å². The van der Waals surface area contributed by atoms with Crippen LogP contribution in [-0.2, 0) is 4.74 Å². The molecule has 2 heterocycles. The van der Waals surface area contributed by atoms with Gasteiger partial charge in [0.15, 0.2) is 18.2 Å². The van der Waals surface area contributed by atoms with E-state index < -0.39 is 36.9 Å². The first-order valence-corrected chi connectivity index (χ1v) is 5.61. The average molecular weight is 285 g/mol. The maximum absolute atomic E-state index is 13.9. The van der Waals surface area contributed by atoms with Crippen LogP contribution in [0.2, 0.25) is 0 Å². The van der Waals surface area contributed by atoms with Gasteiger partial charge in [0.1, 0.15) is 12.2 Å². The third kappa shape index (κ3) is 2.25. The van der Waals surface area contributed by atoms with Gasteiger partial charge in [0.2, 0.25) is 0 Å². The zero-order chi connectivity index (χ0) is 14.9. The van der Waals surface area contributed by atoms with E-state index in [0.29, 0.717) is 0 Å². The van der Waals surface area contributed by atoms with Crippen LogP contribution >= 0.6 is 0 Å². The molecule has 4 atom stereocenters. The minimum atomic E-state index is -1.93. The van der Waals surface area contributed by atoms with Gasteiger partial charge in [-0.2, -0.15) is 4.98 Å². The van der Waals surface area contributed by atoms with Crippen LogP contribution < -0.4 is 11.2 Å². The van der Waals surface area contributed by atoms with Crippen molar-refractivity contribution in [3.05, 3.63) is 22.2 Å². The quantitative estimate of drug-likeness (QED) is 0.399. The minimum Gasteiger partial charge on any atom is -0.394 e. The molecule has 1 saturated heterocycles. The lowest BCUT2D eigenvalue weighted by atomic mass is 10.1. The van der Waals surface area contributed by atoms with Crippen molar-refractivity contribution in [2.75, 3.05) is 12.1 Å². The van der Waals surface area contributed by atoms with E-state index in [1.54, 1.807) is 5.48 Å². The molecule has 8 nitrogen and oxygen atoms in total. The standard InChI is InChI=1S/C11H12FN3O5/c1-2-5-3-15(11(18)13-9(5)14-19)10-7(12)8(17)6(4-16)20-10/h1,3,6-8,10,16-17,19H,4H2,(H,13,14,18). The number of halogens is 1. The summed E-state index contributed by atoms with van der Waals surface area (Å²) in [5, 5.41) is 27.2. The van der Waals surface area contributed by atoms with E-state index in [-0.39, 0.29) is 11.4 Å². The molecular weight excluding hydrogens is 273 g/mol. The monoisotopic (exact) mass is 285 g/mol. The van der Waals surface area contributed by atoms with Crippen molar-refractivity contribution < 1.29 is 24.5 Å². The summed E-state index contributed by atoms with van der Waals surface area (Å²) in [5.41, 5.74) is 0.727. The Balaban J connectivity index is 2.44. The van der Waals surface area contributed by atoms with Crippen LogP contribution in [0.4, 0.5) is 10.2 Å². The second kappa shape index (κ2) is 5.56. The number of aliphatic hydroxyl groups is 2. The Hall–Kier alpha value is -1.99. The highest BCUT2D eigenvalue weighted by atomic mass is 19.1. The molecule has 4 unspecified atom stereocenters. The summed E-state index contributed by atoms with van der Waals surface area (Å²) in [5.74, 6) is 1.91. The van der Waals surface area contributed by atoms with Crippen molar-refractivity contribution in [1.82, 2.24) is 9.55 Å². The van der Waals surface area contributed by atoms with Gasteiger partial charge in [-0.1, -0.05) is 5.92 Å². The Morgan fingerprint density at radius 3 is 2.85 bits per heavy atom.